The van der Waals surface area contributed by atoms with E-state index in [9.17, 15) is 19.2 Å². The van der Waals surface area contributed by atoms with E-state index in [1.807, 2.05) is 20.0 Å². The van der Waals surface area contributed by atoms with Gasteiger partial charge in [0.2, 0.25) is 6.41 Å². The van der Waals surface area contributed by atoms with Gasteiger partial charge in [-0.3, -0.25) is 29.2 Å². The number of carbonyl (C=O) groups excluding carboxylic acids is 4. The number of carbonyl (C=O) groups is 4. The molecule has 12 heteroatoms. The maximum atomic E-state index is 13.0. The second-order valence-corrected chi connectivity index (χ2v) is 12.7. The number of nitrogens with zero attached hydrogens (tertiary/aromatic N) is 4. The van der Waals surface area contributed by atoms with Crippen LogP contribution in [0.5, 0.6) is 0 Å². The van der Waals surface area contributed by atoms with Crippen LogP contribution < -0.4 is 10.7 Å². The minimum atomic E-state index is -0.355. The molecule has 1 aromatic carbocycles. The zero-order valence-electron chi connectivity index (χ0n) is 24.3. The number of esters is 2. The minimum Gasteiger partial charge on any atom is -0.465 e. The van der Waals surface area contributed by atoms with Gasteiger partial charge >= 0.3 is 11.9 Å². The highest BCUT2D eigenvalue weighted by Gasteiger charge is 2.29. The van der Waals surface area contributed by atoms with Crippen LogP contribution in [0, 0.1) is 0 Å². The highest BCUT2D eigenvalue weighted by Crippen LogP contribution is 2.34. The zero-order valence-corrected chi connectivity index (χ0v) is 25.9. The van der Waals surface area contributed by atoms with Crippen molar-refractivity contribution in [1.82, 2.24) is 9.80 Å². The molecule has 1 saturated carbocycles. The number of fused-ring (bicyclic) bond motifs is 1. The Bertz CT molecular complexity index is 1250. The van der Waals surface area contributed by atoms with Gasteiger partial charge in [-0.1, -0.05) is 28.5 Å². The first-order valence-corrected chi connectivity index (χ1v) is 16.3. The van der Waals surface area contributed by atoms with E-state index in [2.05, 4.69) is 16.9 Å². The largest absolute Gasteiger partial charge is 0.465 e. The number of benzene rings is 1. The van der Waals surface area contributed by atoms with E-state index in [0.717, 1.165) is 46.3 Å². The maximum Gasteiger partial charge on any atom is 0.306 e. The molecule has 2 amide bonds. The molecule has 224 valence electrons. The number of rotatable bonds is 15. The van der Waals surface area contributed by atoms with Crippen LogP contribution in [0.2, 0.25) is 0 Å². The first-order chi connectivity index (χ1) is 19.7. The van der Waals surface area contributed by atoms with Crippen LogP contribution in [0.4, 0.5) is 0 Å². The fourth-order valence-corrected chi connectivity index (χ4v) is 6.75. The molecule has 0 saturated heterocycles. The van der Waals surface area contributed by atoms with Gasteiger partial charge in [-0.05, 0) is 57.2 Å². The lowest BCUT2D eigenvalue weighted by molar-refractivity contribution is -0.151. The van der Waals surface area contributed by atoms with Gasteiger partial charge in [-0.25, -0.2) is 0 Å². The van der Waals surface area contributed by atoms with Crippen LogP contribution in [0.3, 0.4) is 0 Å². The number of hydrogen-bond donors (Lipinski definition) is 0. The van der Waals surface area contributed by atoms with E-state index >= 15 is 0 Å². The molecule has 0 unspecified atom stereocenters. The second-order valence-electron chi connectivity index (χ2n) is 10.0. The van der Waals surface area contributed by atoms with Crippen molar-refractivity contribution in [1.29, 1.82) is 0 Å². The minimum absolute atomic E-state index is 0.0449. The average Bonchev–Trinajstić information content (AvgIpc) is 3.46. The molecule has 0 bridgehead atoms. The summed E-state index contributed by atoms with van der Waals surface area (Å²) in [6, 6.07) is 5.50. The Morgan fingerprint density at radius 2 is 1.73 bits per heavy atom. The Kier molecular flexibility index (Phi) is 13.2. The summed E-state index contributed by atoms with van der Waals surface area (Å²) in [5.41, 5.74) is 1.44. The smallest absolute Gasteiger partial charge is 0.306 e. The van der Waals surface area contributed by atoms with Crippen LogP contribution >= 0.6 is 21.6 Å². The standard InChI is InChI=1S/C29H40N4O6S2/c1-5-40-41-26(20(2)32(3)19-34)15-16-38-27(35)7-6-8-28(36)39-23-12-10-22(11-13-23)33(4)29(37)21-9-14-24-25(17-21)31-18-30-24/h9,14,17,19,22-23H,5-8,10-13,15-16,18H2,1-4H3/b26-20-. The van der Waals surface area contributed by atoms with Gasteiger partial charge in [0.25, 0.3) is 5.91 Å². The van der Waals surface area contributed by atoms with E-state index < -0.39 is 0 Å². The van der Waals surface area contributed by atoms with Crippen LogP contribution in [0.25, 0.3) is 0 Å². The van der Waals surface area contributed by atoms with Crippen molar-refractivity contribution in [3.05, 3.63) is 45.1 Å². The molecule has 1 fully saturated rings. The third-order valence-corrected chi connectivity index (χ3v) is 9.95. The third-order valence-electron chi connectivity index (χ3n) is 7.24. The van der Waals surface area contributed by atoms with Crippen LogP contribution in [0.15, 0.2) is 38.8 Å². The Morgan fingerprint density at radius 3 is 2.44 bits per heavy atom. The maximum absolute atomic E-state index is 13.0. The van der Waals surface area contributed by atoms with Crippen molar-refractivity contribution in [2.45, 2.75) is 77.4 Å². The van der Waals surface area contributed by atoms with Gasteiger partial charge in [-0.2, -0.15) is 0 Å². The van der Waals surface area contributed by atoms with Crippen LogP contribution in [-0.2, 0) is 23.9 Å². The number of hydrogen-bond acceptors (Lipinski definition) is 10. The zero-order chi connectivity index (χ0) is 29.8. The van der Waals surface area contributed by atoms with E-state index in [1.165, 1.54) is 4.90 Å². The summed E-state index contributed by atoms with van der Waals surface area (Å²) in [5, 5.41) is 1.58. The molecule has 1 aliphatic carbocycles. The van der Waals surface area contributed by atoms with Gasteiger partial charge in [0.1, 0.15) is 12.8 Å². The fraction of sp³-hybridized carbons (Fsp3) is 0.586. The molecule has 2 aliphatic rings. The van der Waals surface area contributed by atoms with E-state index in [1.54, 1.807) is 45.7 Å². The average molecular weight is 605 g/mol. The summed E-state index contributed by atoms with van der Waals surface area (Å²) in [7, 11) is 6.77. The molecule has 0 aromatic heterocycles. The first-order valence-electron chi connectivity index (χ1n) is 14.0. The van der Waals surface area contributed by atoms with E-state index in [-0.39, 0.29) is 49.4 Å². The molecule has 0 spiro atoms. The highest BCUT2D eigenvalue weighted by atomic mass is 33.1. The molecular formula is C29H40N4O6S2. The molecule has 0 radical (unpaired) electrons. The molecule has 1 aliphatic heterocycles. The second kappa shape index (κ2) is 16.5. The molecule has 1 aromatic rings. The predicted molar refractivity (Wildman–Crippen MR) is 160 cm³/mol. The number of allylic oxidation sites excluding steroid dienone is 1. The molecule has 0 atom stereocenters. The van der Waals surface area contributed by atoms with Crippen LogP contribution in [-0.4, -0.2) is 79.3 Å². The van der Waals surface area contributed by atoms with Crippen LogP contribution in [0.1, 0.15) is 75.6 Å². The van der Waals surface area contributed by atoms with Crippen molar-refractivity contribution in [2.75, 3.05) is 33.1 Å². The van der Waals surface area contributed by atoms with E-state index in [4.69, 9.17) is 9.47 Å². The molecule has 1 heterocycles. The fourth-order valence-electron chi connectivity index (χ4n) is 4.66. The van der Waals surface area contributed by atoms with Gasteiger partial charge < -0.3 is 19.3 Å². The van der Waals surface area contributed by atoms with Gasteiger partial charge in [-0.15, -0.1) is 0 Å². The third kappa shape index (κ3) is 9.88. The normalized spacial score (nSPS) is 18.2. The summed E-state index contributed by atoms with van der Waals surface area (Å²) >= 11 is 0. The van der Waals surface area contributed by atoms with Gasteiger partial charge in [0, 0.05) is 61.3 Å². The quantitative estimate of drug-likeness (QED) is 0.169. The monoisotopic (exact) mass is 604 g/mol. The summed E-state index contributed by atoms with van der Waals surface area (Å²) in [6.45, 7) is 4.55. The molecule has 10 nitrogen and oxygen atoms in total. The van der Waals surface area contributed by atoms with Gasteiger partial charge in [0.15, 0.2) is 0 Å². The first kappa shape index (κ1) is 32.7. The summed E-state index contributed by atoms with van der Waals surface area (Å²) < 4.78 is 11.0. The molecular weight excluding hydrogens is 564 g/mol. The summed E-state index contributed by atoms with van der Waals surface area (Å²) in [4.78, 5) is 61.5. The molecule has 0 N–H and O–H groups in total. The highest BCUT2D eigenvalue weighted by molar-refractivity contribution is 8.78. The lowest BCUT2D eigenvalue weighted by atomic mass is 9.91. The molecule has 41 heavy (non-hydrogen) atoms. The van der Waals surface area contributed by atoms with Crippen molar-refractivity contribution in [3.8, 4) is 0 Å². The van der Waals surface area contributed by atoms with Crippen molar-refractivity contribution < 1.29 is 28.7 Å². The molecule has 3 rings (SSSR count). The lowest BCUT2D eigenvalue weighted by Crippen LogP contribution is -2.41. The Morgan fingerprint density at radius 1 is 1.02 bits per heavy atom. The summed E-state index contributed by atoms with van der Waals surface area (Å²) in [6.07, 6.45) is 4.66. The predicted octanol–water partition coefficient (Wildman–Crippen LogP) is 3.65. The van der Waals surface area contributed by atoms with Crippen molar-refractivity contribution in [2.24, 2.45) is 9.98 Å². The number of ether oxygens (including phenoxy) is 2. The van der Waals surface area contributed by atoms with Crippen molar-refractivity contribution >= 4 is 45.8 Å². The number of amides is 2. The lowest BCUT2D eigenvalue weighted by Gasteiger charge is -2.34. The Labute approximate surface area is 249 Å². The Hall–Kier alpha value is -2.86. The topological polar surface area (TPSA) is 118 Å². The summed E-state index contributed by atoms with van der Waals surface area (Å²) in [5.74, 6) is 0.205. The van der Waals surface area contributed by atoms with Gasteiger partial charge in [0.05, 0.1) is 17.3 Å². The SMILES string of the molecule is CCSS/C(CCOC(=O)CCCC(=O)OC1CCC(N(C)C(=O)c2ccc3c(c2)=NCN=3)CC1)=C(/C)N(C)C=O. The van der Waals surface area contributed by atoms with Crippen molar-refractivity contribution in [3.63, 3.8) is 0 Å². The van der Waals surface area contributed by atoms with E-state index in [0.29, 0.717) is 37.9 Å². The Balaban J connectivity index is 1.33.